The van der Waals surface area contributed by atoms with Crippen LogP contribution in [0.4, 0.5) is 0 Å². The van der Waals surface area contributed by atoms with E-state index in [1.165, 1.54) is 6.42 Å². The molecule has 1 aliphatic rings. The highest BCUT2D eigenvalue weighted by atomic mass is 79.9. The van der Waals surface area contributed by atoms with E-state index in [-0.39, 0.29) is 6.10 Å². The number of halogens is 1. The monoisotopic (exact) mass is 287 g/mol. The Morgan fingerprint density at radius 2 is 2.31 bits per heavy atom. The van der Waals surface area contributed by atoms with Crippen LogP contribution >= 0.6 is 15.9 Å². The number of aliphatic hydroxyl groups is 1. The van der Waals surface area contributed by atoms with Crippen molar-refractivity contribution in [2.24, 2.45) is 5.92 Å². The first-order valence-electron chi connectivity index (χ1n) is 5.87. The smallest absolute Gasteiger partial charge is 0.169 e. The molecule has 4 heteroatoms. The lowest BCUT2D eigenvalue weighted by Gasteiger charge is -2.25. The second kappa shape index (κ2) is 5.84. The zero-order valence-electron chi connectivity index (χ0n) is 9.29. The molecule has 0 aliphatic heterocycles. The van der Waals surface area contributed by atoms with Gasteiger partial charge in [-0.3, -0.25) is 0 Å². The summed E-state index contributed by atoms with van der Waals surface area (Å²) in [7, 11) is 0. The van der Waals surface area contributed by atoms with Crippen molar-refractivity contribution >= 4 is 15.9 Å². The summed E-state index contributed by atoms with van der Waals surface area (Å²) in [5, 5.41) is 12.9. The van der Waals surface area contributed by atoms with E-state index in [0.717, 1.165) is 42.8 Å². The Morgan fingerprint density at radius 3 is 3.00 bits per heavy atom. The summed E-state index contributed by atoms with van der Waals surface area (Å²) in [6, 6.07) is 3.87. The molecule has 0 amide bonds. The van der Waals surface area contributed by atoms with E-state index in [2.05, 4.69) is 21.2 Å². The maximum Gasteiger partial charge on any atom is 0.169 e. The lowest BCUT2D eigenvalue weighted by Crippen LogP contribution is -2.28. The van der Waals surface area contributed by atoms with Crippen LogP contribution in [0.3, 0.4) is 0 Å². The number of furan rings is 1. The minimum absolute atomic E-state index is 0.0849. The second-order valence-corrected chi connectivity index (χ2v) is 5.30. The van der Waals surface area contributed by atoms with E-state index < -0.39 is 0 Å². The Morgan fingerprint density at radius 1 is 1.44 bits per heavy atom. The highest BCUT2D eigenvalue weighted by Crippen LogP contribution is 2.23. The second-order valence-electron chi connectivity index (χ2n) is 4.52. The SMILES string of the molecule is OC1CCCC(CNCc2ccc(Br)o2)C1. The van der Waals surface area contributed by atoms with E-state index in [4.69, 9.17) is 4.42 Å². The first kappa shape index (κ1) is 12.1. The van der Waals surface area contributed by atoms with Gasteiger partial charge in [-0.25, -0.2) is 0 Å². The molecule has 2 N–H and O–H groups in total. The van der Waals surface area contributed by atoms with Gasteiger partial charge in [-0.15, -0.1) is 0 Å². The van der Waals surface area contributed by atoms with Gasteiger partial charge < -0.3 is 14.8 Å². The van der Waals surface area contributed by atoms with Gasteiger partial charge in [-0.1, -0.05) is 6.42 Å². The fraction of sp³-hybridized carbons (Fsp3) is 0.667. The van der Waals surface area contributed by atoms with Crippen molar-refractivity contribution in [2.45, 2.75) is 38.3 Å². The molecule has 0 aromatic carbocycles. The molecule has 16 heavy (non-hydrogen) atoms. The third-order valence-electron chi connectivity index (χ3n) is 3.12. The Kier molecular flexibility index (Phi) is 4.44. The van der Waals surface area contributed by atoms with Gasteiger partial charge in [0.25, 0.3) is 0 Å². The van der Waals surface area contributed by atoms with Gasteiger partial charge >= 0.3 is 0 Å². The van der Waals surface area contributed by atoms with Crippen LogP contribution in [0.25, 0.3) is 0 Å². The fourth-order valence-electron chi connectivity index (χ4n) is 2.29. The normalized spacial score (nSPS) is 25.9. The van der Waals surface area contributed by atoms with Crippen molar-refractivity contribution in [3.8, 4) is 0 Å². The van der Waals surface area contributed by atoms with E-state index in [1.54, 1.807) is 0 Å². The molecule has 1 aliphatic carbocycles. The van der Waals surface area contributed by atoms with Gasteiger partial charge in [0.15, 0.2) is 4.67 Å². The number of nitrogens with one attached hydrogen (secondary N) is 1. The zero-order chi connectivity index (χ0) is 11.4. The summed E-state index contributed by atoms with van der Waals surface area (Å²) >= 11 is 3.28. The predicted octanol–water partition coefficient (Wildman–Crippen LogP) is 2.68. The molecule has 0 saturated heterocycles. The highest BCUT2D eigenvalue weighted by molar-refractivity contribution is 9.10. The molecule has 1 heterocycles. The zero-order valence-corrected chi connectivity index (χ0v) is 10.9. The summed E-state index contributed by atoms with van der Waals surface area (Å²) in [6.07, 6.45) is 4.21. The van der Waals surface area contributed by atoms with Gasteiger partial charge in [0.2, 0.25) is 0 Å². The van der Waals surface area contributed by atoms with Crippen molar-refractivity contribution in [1.29, 1.82) is 0 Å². The summed E-state index contributed by atoms with van der Waals surface area (Å²) < 4.78 is 6.17. The molecule has 2 atom stereocenters. The van der Waals surface area contributed by atoms with Gasteiger partial charge in [0, 0.05) is 0 Å². The number of rotatable bonds is 4. The van der Waals surface area contributed by atoms with Crippen LogP contribution in [0.2, 0.25) is 0 Å². The van der Waals surface area contributed by atoms with E-state index in [0.29, 0.717) is 5.92 Å². The van der Waals surface area contributed by atoms with Crippen molar-refractivity contribution in [3.63, 3.8) is 0 Å². The Balaban J connectivity index is 1.67. The third kappa shape index (κ3) is 3.61. The molecule has 0 bridgehead atoms. The fourth-order valence-corrected chi connectivity index (χ4v) is 2.63. The summed E-state index contributed by atoms with van der Waals surface area (Å²) in [5.74, 6) is 1.56. The highest BCUT2D eigenvalue weighted by Gasteiger charge is 2.19. The quantitative estimate of drug-likeness (QED) is 0.895. The summed E-state index contributed by atoms with van der Waals surface area (Å²) in [6.45, 7) is 1.73. The van der Waals surface area contributed by atoms with Gasteiger partial charge in [-0.05, 0) is 59.8 Å². The van der Waals surface area contributed by atoms with Crippen LogP contribution in [0.5, 0.6) is 0 Å². The first-order valence-corrected chi connectivity index (χ1v) is 6.66. The predicted molar refractivity (Wildman–Crippen MR) is 66.1 cm³/mol. The van der Waals surface area contributed by atoms with Crippen LogP contribution < -0.4 is 5.32 Å². The first-order chi connectivity index (χ1) is 7.74. The minimum atomic E-state index is -0.0849. The van der Waals surface area contributed by atoms with Crippen molar-refractivity contribution in [3.05, 3.63) is 22.6 Å². The van der Waals surface area contributed by atoms with Crippen LogP contribution in [0.1, 0.15) is 31.4 Å². The third-order valence-corrected chi connectivity index (χ3v) is 3.54. The number of hydrogen-bond acceptors (Lipinski definition) is 3. The van der Waals surface area contributed by atoms with Gasteiger partial charge in [0.05, 0.1) is 12.6 Å². The number of hydrogen-bond donors (Lipinski definition) is 2. The molecule has 3 nitrogen and oxygen atoms in total. The van der Waals surface area contributed by atoms with Gasteiger partial charge in [-0.2, -0.15) is 0 Å². The molecule has 2 unspecified atom stereocenters. The lowest BCUT2D eigenvalue weighted by molar-refractivity contribution is 0.100. The Bertz CT molecular complexity index is 327. The molecule has 1 aromatic rings. The largest absolute Gasteiger partial charge is 0.453 e. The van der Waals surface area contributed by atoms with E-state index >= 15 is 0 Å². The molecule has 1 fully saturated rings. The maximum atomic E-state index is 9.55. The molecular formula is C12H18BrNO2. The van der Waals surface area contributed by atoms with Crippen LogP contribution in [-0.4, -0.2) is 17.8 Å². The summed E-state index contributed by atoms with van der Waals surface area (Å²) in [4.78, 5) is 0. The molecule has 0 radical (unpaired) electrons. The Labute approximate surface area is 104 Å². The molecular weight excluding hydrogens is 270 g/mol. The van der Waals surface area contributed by atoms with Crippen LogP contribution in [-0.2, 0) is 6.54 Å². The van der Waals surface area contributed by atoms with Crippen molar-refractivity contribution < 1.29 is 9.52 Å². The van der Waals surface area contributed by atoms with Crippen LogP contribution in [0, 0.1) is 5.92 Å². The molecule has 90 valence electrons. The minimum Gasteiger partial charge on any atom is -0.453 e. The molecule has 1 saturated carbocycles. The average Bonchev–Trinajstić information content (AvgIpc) is 2.64. The molecule has 0 spiro atoms. The van der Waals surface area contributed by atoms with E-state index in [9.17, 15) is 5.11 Å². The number of aliphatic hydroxyl groups excluding tert-OH is 1. The van der Waals surface area contributed by atoms with Gasteiger partial charge in [0.1, 0.15) is 5.76 Å². The molecule has 1 aromatic heterocycles. The van der Waals surface area contributed by atoms with Crippen molar-refractivity contribution in [1.82, 2.24) is 5.32 Å². The average molecular weight is 288 g/mol. The Hall–Kier alpha value is -0.320. The lowest BCUT2D eigenvalue weighted by atomic mass is 9.87. The molecule has 2 rings (SSSR count). The summed E-state index contributed by atoms with van der Waals surface area (Å²) in [5.41, 5.74) is 0. The maximum absolute atomic E-state index is 9.55. The van der Waals surface area contributed by atoms with Crippen molar-refractivity contribution in [2.75, 3.05) is 6.54 Å². The topological polar surface area (TPSA) is 45.4 Å². The standard InChI is InChI=1S/C12H18BrNO2/c13-12-5-4-11(16-12)8-14-7-9-2-1-3-10(15)6-9/h4-5,9-10,14-15H,1-3,6-8H2. The van der Waals surface area contributed by atoms with E-state index in [1.807, 2.05) is 12.1 Å². The van der Waals surface area contributed by atoms with Crippen LogP contribution in [0.15, 0.2) is 21.2 Å².